The zero-order valence-corrected chi connectivity index (χ0v) is 13.0. The Morgan fingerprint density at radius 2 is 1.79 bits per heavy atom. The van der Waals surface area contributed by atoms with Gasteiger partial charge in [0.05, 0.1) is 11.0 Å². The molecule has 0 saturated carbocycles. The van der Waals surface area contributed by atoms with Crippen LogP contribution in [0, 0.1) is 10.1 Å². The quantitative estimate of drug-likeness (QED) is 0.536. The molecule has 2 aromatic rings. The number of carbonyl (C=O) groups is 1. The monoisotopic (exact) mass is 329 g/mol. The van der Waals surface area contributed by atoms with E-state index in [0.29, 0.717) is 18.5 Å². The van der Waals surface area contributed by atoms with Crippen molar-refractivity contribution in [3.05, 3.63) is 70.3 Å². The van der Waals surface area contributed by atoms with Gasteiger partial charge in [0, 0.05) is 24.4 Å². The van der Waals surface area contributed by atoms with E-state index in [2.05, 4.69) is 10.6 Å². The number of rotatable bonds is 7. The van der Waals surface area contributed by atoms with Crippen LogP contribution in [0.1, 0.15) is 24.4 Å². The molecule has 2 aromatic carbocycles. The third kappa shape index (κ3) is 5.06. The zero-order chi connectivity index (χ0) is 17.4. The Bertz CT molecular complexity index is 674. The van der Waals surface area contributed by atoms with Gasteiger partial charge in [0.25, 0.3) is 5.69 Å². The van der Waals surface area contributed by atoms with Gasteiger partial charge in [-0.25, -0.2) is 4.79 Å². The lowest BCUT2D eigenvalue weighted by atomic mass is 10.0. The number of hydrogen-bond acceptors (Lipinski definition) is 4. The minimum Gasteiger partial charge on any atom is -0.396 e. The summed E-state index contributed by atoms with van der Waals surface area (Å²) in [6, 6.07) is 14.5. The van der Waals surface area contributed by atoms with Crippen molar-refractivity contribution >= 4 is 17.4 Å². The van der Waals surface area contributed by atoms with Gasteiger partial charge in [-0.3, -0.25) is 10.1 Å². The summed E-state index contributed by atoms with van der Waals surface area (Å²) >= 11 is 0. The van der Waals surface area contributed by atoms with Crippen LogP contribution in [0.2, 0.25) is 0 Å². The van der Waals surface area contributed by atoms with Crippen molar-refractivity contribution in [2.24, 2.45) is 0 Å². The normalized spacial score (nSPS) is 11.5. The minimum atomic E-state index is -0.496. The van der Waals surface area contributed by atoms with Crippen molar-refractivity contribution in [1.29, 1.82) is 0 Å². The second kappa shape index (κ2) is 8.64. The Hall–Kier alpha value is -2.93. The number of aliphatic hydroxyl groups excluding tert-OH is 1. The Kier molecular flexibility index (Phi) is 6.27. The second-order valence-electron chi connectivity index (χ2n) is 5.23. The van der Waals surface area contributed by atoms with E-state index in [0.717, 1.165) is 5.56 Å². The van der Waals surface area contributed by atoms with Crippen molar-refractivity contribution < 1.29 is 14.8 Å². The van der Waals surface area contributed by atoms with Crippen LogP contribution >= 0.6 is 0 Å². The molecule has 0 saturated heterocycles. The Morgan fingerprint density at radius 1 is 1.12 bits per heavy atom. The van der Waals surface area contributed by atoms with Crippen molar-refractivity contribution in [1.82, 2.24) is 5.32 Å². The fraction of sp³-hybridized carbons (Fsp3) is 0.235. The van der Waals surface area contributed by atoms with Gasteiger partial charge in [-0.05, 0) is 30.5 Å². The van der Waals surface area contributed by atoms with Gasteiger partial charge in [0.1, 0.15) is 0 Å². The Labute approximate surface area is 139 Å². The van der Waals surface area contributed by atoms with E-state index in [1.165, 1.54) is 24.3 Å². The molecule has 7 heteroatoms. The first-order valence-electron chi connectivity index (χ1n) is 7.58. The Morgan fingerprint density at radius 3 is 2.38 bits per heavy atom. The lowest BCUT2D eigenvalue weighted by Crippen LogP contribution is -2.32. The van der Waals surface area contributed by atoms with Crippen LogP contribution in [-0.2, 0) is 0 Å². The Balaban J connectivity index is 2.00. The zero-order valence-electron chi connectivity index (χ0n) is 13.0. The minimum absolute atomic E-state index is 0.0360. The molecule has 0 aliphatic heterocycles. The summed E-state index contributed by atoms with van der Waals surface area (Å²) in [4.78, 5) is 22.3. The average molecular weight is 329 g/mol. The molecule has 126 valence electrons. The molecule has 3 N–H and O–H groups in total. The number of amides is 2. The summed E-state index contributed by atoms with van der Waals surface area (Å²) in [5.74, 6) is 0. The van der Waals surface area contributed by atoms with Gasteiger partial charge in [-0.15, -0.1) is 0 Å². The van der Waals surface area contributed by atoms with Gasteiger partial charge in [0.2, 0.25) is 0 Å². The highest BCUT2D eigenvalue weighted by atomic mass is 16.6. The number of carbonyl (C=O) groups excluding carboxylic acids is 1. The number of aliphatic hydroxyl groups is 1. The molecule has 0 bridgehead atoms. The van der Waals surface area contributed by atoms with E-state index in [-0.39, 0.29) is 18.3 Å². The van der Waals surface area contributed by atoms with Crippen LogP contribution in [0.4, 0.5) is 16.2 Å². The first-order chi connectivity index (χ1) is 11.6. The van der Waals surface area contributed by atoms with Crippen LogP contribution in [0.25, 0.3) is 0 Å². The highest BCUT2D eigenvalue weighted by Crippen LogP contribution is 2.19. The fourth-order valence-corrected chi connectivity index (χ4v) is 2.29. The van der Waals surface area contributed by atoms with Gasteiger partial charge in [-0.1, -0.05) is 30.3 Å². The standard InChI is InChI=1S/C17H19N3O4/c21-12-4-7-16(13-5-2-1-3-6-13)19-17(22)18-14-8-10-15(11-9-14)20(23)24/h1-3,5-6,8-11,16,21H,4,7,12H2,(H2,18,19,22)/t16-/m0/s1. The number of nitrogens with one attached hydrogen (secondary N) is 2. The lowest BCUT2D eigenvalue weighted by molar-refractivity contribution is -0.384. The maximum absolute atomic E-state index is 12.2. The van der Waals surface area contributed by atoms with Gasteiger partial charge in [0.15, 0.2) is 0 Å². The maximum atomic E-state index is 12.2. The molecular weight excluding hydrogens is 310 g/mol. The molecule has 0 unspecified atom stereocenters. The van der Waals surface area contributed by atoms with Gasteiger partial charge < -0.3 is 15.7 Å². The van der Waals surface area contributed by atoms with Crippen molar-refractivity contribution in [2.75, 3.05) is 11.9 Å². The number of nitro benzene ring substituents is 1. The van der Waals surface area contributed by atoms with Crippen molar-refractivity contribution in [2.45, 2.75) is 18.9 Å². The highest BCUT2D eigenvalue weighted by Gasteiger charge is 2.14. The van der Waals surface area contributed by atoms with Crippen LogP contribution in [0.3, 0.4) is 0 Å². The lowest BCUT2D eigenvalue weighted by Gasteiger charge is -2.19. The highest BCUT2D eigenvalue weighted by molar-refractivity contribution is 5.89. The molecule has 0 radical (unpaired) electrons. The third-order valence-corrected chi connectivity index (χ3v) is 3.49. The number of urea groups is 1. The van der Waals surface area contributed by atoms with E-state index in [4.69, 9.17) is 5.11 Å². The molecule has 2 rings (SSSR count). The van der Waals surface area contributed by atoms with E-state index in [1.807, 2.05) is 30.3 Å². The summed E-state index contributed by atoms with van der Waals surface area (Å²) in [6.45, 7) is 0.0506. The molecule has 2 amide bonds. The molecule has 24 heavy (non-hydrogen) atoms. The maximum Gasteiger partial charge on any atom is 0.319 e. The molecule has 0 aromatic heterocycles. The number of hydrogen-bond donors (Lipinski definition) is 3. The largest absolute Gasteiger partial charge is 0.396 e. The number of nitrogens with zero attached hydrogens (tertiary/aromatic N) is 1. The van der Waals surface area contributed by atoms with Crippen LogP contribution in [0.15, 0.2) is 54.6 Å². The summed E-state index contributed by atoms with van der Waals surface area (Å²) in [5, 5.41) is 25.1. The van der Waals surface area contributed by atoms with Crippen molar-refractivity contribution in [3.63, 3.8) is 0 Å². The molecule has 0 aliphatic carbocycles. The first kappa shape index (κ1) is 17.4. The molecule has 7 nitrogen and oxygen atoms in total. The smallest absolute Gasteiger partial charge is 0.319 e. The molecular formula is C17H19N3O4. The van der Waals surface area contributed by atoms with E-state index < -0.39 is 11.0 Å². The topological polar surface area (TPSA) is 104 Å². The predicted molar refractivity (Wildman–Crippen MR) is 90.8 cm³/mol. The predicted octanol–water partition coefficient (Wildman–Crippen LogP) is 3.23. The fourth-order valence-electron chi connectivity index (χ4n) is 2.29. The van der Waals surface area contributed by atoms with E-state index in [1.54, 1.807) is 0 Å². The first-order valence-corrected chi connectivity index (χ1v) is 7.58. The number of anilines is 1. The molecule has 0 aliphatic rings. The molecule has 1 atom stereocenters. The number of nitro groups is 1. The van der Waals surface area contributed by atoms with Crippen molar-refractivity contribution in [3.8, 4) is 0 Å². The average Bonchev–Trinajstić information content (AvgIpc) is 2.59. The number of benzene rings is 2. The van der Waals surface area contributed by atoms with Crippen LogP contribution < -0.4 is 10.6 Å². The number of non-ortho nitro benzene ring substituents is 1. The summed E-state index contributed by atoms with van der Waals surface area (Å²) in [7, 11) is 0. The van der Waals surface area contributed by atoms with E-state index in [9.17, 15) is 14.9 Å². The summed E-state index contributed by atoms with van der Waals surface area (Å²) in [6.07, 6.45) is 1.17. The van der Waals surface area contributed by atoms with Gasteiger partial charge in [-0.2, -0.15) is 0 Å². The molecule has 0 spiro atoms. The summed E-state index contributed by atoms with van der Waals surface area (Å²) in [5.41, 5.74) is 1.38. The SMILES string of the molecule is O=C(Nc1ccc([N+](=O)[O-])cc1)N[C@@H](CCCO)c1ccccc1. The van der Waals surface area contributed by atoms with E-state index >= 15 is 0 Å². The molecule has 0 heterocycles. The summed E-state index contributed by atoms with van der Waals surface area (Å²) < 4.78 is 0. The van der Waals surface area contributed by atoms with Gasteiger partial charge >= 0.3 is 6.03 Å². The third-order valence-electron chi connectivity index (χ3n) is 3.49. The van der Waals surface area contributed by atoms with Crippen LogP contribution in [0.5, 0.6) is 0 Å². The molecule has 0 fully saturated rings. The van der Waals surface area contributed by atoms with Crippen LogP contribution in [-0.4, -0.2) is 22.7 Å². The second-order valence-corrected chi connectivity index (χ2v) is 5.23.